The molecule has 0 saturated carbocycles. The Morgan fingerprint density at radius 3 is 2.58 bits per heavy atom. The van der Waals surface area contributed by atoms with Gasteiger partial charge < -0.3 is 9.47 Å². The van der Waals surface area contributed by atoms with E-state index in [9.17, 15) is 9.18 Å². The Morgan fingerprint density at radius 1 is 1.00 bits per heavy atom. The number of carbonyl (C=O) groups excluding carboxylic acids is 1. The lowest BCUT2D eigenvalue weighted by atomic mass is 10.1. The molecule has 0 spiro atoms. The average molecular weight is 435 g/mol. The number of hydrogen-bond donors (Lipinski definition) is 0. The number of amides is 1. The lowest BCUT2D eigenvalue weighted by Crippen LogP contribution is -2.31. The Hall–Kier alpha value is -3.51. The number of pyridine rings is 1. The van der Waals surface area contributed by atoms with Crippen LogP contribution < -0.4 is 0 Å². The molecular formula is C24H20ClFN4O. The number of halogens is 2. The lowest BCUT2D eigenvalue weighted by molar-refractivity contribution is 0.0723. The molecule has 0 bridgehead atoms. The molecule has 0 aliphatic carbocycles. The molecule has 0 fully saturated rings. The highest BCUT2D eigenvalue weighted by atomic mass is 35.5. The first-order valence-electron chi connectivity index (χ1n) is 9.77. The highest BCUT2D eigenvalue weighted by Crippen LogP contribution is 2.19. The van der Waals surface area contributed by atoms with Crippen LogP contribution in [0.25, 0.3) is 0 Å². The van der Waals surface area contributed by atoms with Crippen LogP contribution in [0.5, 0.6) is 0 Å². The molecule has 4 rings (SSSR count). The molecule has 1 amide bonds. The number of imidazole rings is 1. The van der Waals surface area contributed by atoms with Crippen molar-refractivity contribution in [2.24, 2.45) is 0 Å². The maximum Gasteiger partial charge on any atom is 0.254 e. The molecular weight excluding hydrogens is 415 g/mol. The number of hydrogen-bond acceptors (Lipinski definition) is 3. The molecule has 156 valence electrons. The normalized spacial score (nSPS) is 10.8. The van der Waals surface area contributed by atoms with Gasteiger partial charge in [0.15, 0.2) is 0 Å². The van der Waals surface area contributed by atoms with Crippen LogP contribution in [-0.2, 0) is 19.6 Å². The molecule has 0 aliphatic heterocycles. The van der Waals surface area contributed by atoms with Crippen molar-refractivity contribution in [1.29, 1.82) is 0 Å². The summed E-state index contributed by atoms with van der Waals surface area (Å²) in [7, 11) is 0. The summed E-state index contributed by atoms with van der Waals surface area (Å²) >= 11 is 6.31. The fourth-order valence-electron chi connectivity index (χ4n) is 3.33. The fourth-order valence-corrected chi connectivity index (χ4v) is 3.52. The molecule has 0 N–H and O–H groups in total. The molecule has 2 aromatic carbocycles. The van der Waals surface area contributed by atoms with Gasteiger partial charge in [0.25, 0.3) is 5.91 Å². The Kier molecular flexibility index (Phi) is 6.38. The number of rotatable bonds is 7. The first-order chi connectivity index (χ1) is 15.1. The van der Waals surface area contributed by atoms with Gasteiger partial charge in [-0.15, -0.1) is 0 Å². The highest BCUT2D eigenvalue weighted by Gasteiger charge is 2.19. The van der Waals surface area contributed by atoms with Crippen LogP contribution in [0.2, 0.25) is 5.02 Å². The minimum absolute atomic E-state index is 0.259. The Bertz CT molecular complexity index is 1180. The highest BCUT2D eigenvalue weighted by molar-refractivity contribution is 6.31. The van der Waals surface area contributed by atoms with Gasteiger partial charge in [-0.05, 0) is 47.5 Å². The summed E-state index contributed by atoms with van der Waals surface area (Å²) in [5.74, 6) is -0.0164. The van der Waals surface area contributed by atoms with E-state index in [1.807, 2.05) is 47.2 Å². The van der Waals surface area contributed by atoms with E-state index in [2.05, 4.69) is 9.97 Å². The number of nitrogens with zero attached hydrogens (tertiary/aromatic N) is 4. The summed E-state index contributed by atoms with van der Waals surface area (Å²) in [6.07, 6.45) is 6.91. The second kappa shape index (κ2) is 9.53. The van der Waals surface area contributed by atoms with Crippen molar-refractivity contribution in [3.05, 3.63) is 119 Å². The van der Waals surface area contributed by atoms with Crippen molar-refractivity contribution >= 4 is 17.5 Å². The molecule has 0 radical (unpaired) electrons. The lowest BCUT2D eigenvalue weighted by Gasteiger charge is -2.23. The monoisotopic (exact) mass is 434 g/mol. The Labute approximate surface area is 184 Å². The van der Waals surface area contributed by atoms with Crippen LogP contribution in [0.3, 0.4) is 0 Å². The second-order valence-corrected chi connectivity index (χ2v) is 7.50. The van der Waals surface area contributed by atoms with E-state index in [4.69, 9.17) is 11.6 Å². The third kappa shape index (κ3) is 5.16. The van der Waals surface area contributed by atoms with Crippen LogP contribution in [0.15, 0.2) is 85.5 Å². The maximum atomic E-state index is 13.7. The average Bonchev–Trinajstić information content (AvgIpc) is 3.21. The summed E-state index contributed by atoms with van der Waals surface area (Å²) in [6.45, 7) is 1.14. The topological polar surface area (TPSA) is 51.0 Å². The van der Waals surface area contributed by atoms with E-state index in [1.165, 1.54) is 18.2 Å². The summed E-state index contributed by atoms with van der Waals surface area (Å²) in [4.78, 5) is 23.4. The molecule has 0 saturated heterocycles. The standard InChI is InChI=1S/C24H20ClFN4O/c25-22-7-2-1-4-20(22)16-29-13-12-28-23(29)17-30(15-18-8-10-27-11-9-18)24(31)19-5-3-6-21(26)14-19/h1-14H,15-17H2. The second-order valence-electron chi connectivity index (χ2n) is 7.09. The van der Waals surface area contributed by atoms with E-state index >= 15 is 0 Å². The number of aromatic nitrogens is 3. The predicted molar refractivity (Wildman–Crippen MR) is 117 cm³/mol. The van der Waals surface area contributed by atoms with E-state index in [-0.39, 0.29) is 12.5 Å². The molecule has 0 aliphatic rings. The third-order valence-electron chi connectivity index (χ3n) is 4.91. The Balaban J connectivity index is 1.61. The van der Waals surface area contributed by atoms with Gasteiger partial charge in [-0.1, -0.05) is 35.9 Å². The molecule has 0 unspecified atom stereocenters. The summed E-state index contributed by atoms with van der Waals surface area (Å²) < 4.78 is 15.7. The summed E-state index contributed by atoms with van der Waals surface area (Å²) in [6, 6.07) is 17.0. The van der Waals surface area contributed by atoms with Crippen molar-refractivity contribution in [2.75, 3.05) is 0 Å². The quantitative estimate of drug-likeness (QED) is 0.413. The first kappa shape index (κ1) is 20.8. The predicted octanol–water partition coefficient (Wildman–Crippen LogP) is 4.96. The zero-order valence-corrected chi connectivity index (χ0v) is 17.4. The smallest absolute Gasteiger partial charge is 0.254 e. The molecule has 2 heterocycles. The van der Waals surface area contributed by atoms with E-state index in [1.54, 1.807) is 29.6 Å². The SMILES string of the molecule is O=C(c1cccc(F)c1)N(Cc1ccncc1)Cc1nccn1Cc1ccccc1Cl. The van der Waals surface area contributed by atoms with Gasteiger partial charge in [0.05, 0.1) is 13.1 Å². The van der Waals surface area contributed by atoms with Gasteiger partial charge in [-0.25, -0.2) is 9.37 Å². The first-order valence-corrected chi connectivity index (χ1v) is 10.1. The Morgan fingerprint density at radius 2 is 1.81 bits per heavy atom. The minimum Gasteiger partial charge on any atom is -0.329 e. The van der Waals surface area contributed by atoms with Gasteiger partial charge in [0.2, 0.25) is 0 Å². The van der Waals surface area contributed by atoms with Gasteiger partial charge in [-0.3, -0.25) is 9.78 Å². The van der Waals surface area contributed by atoms with Crippen molar-refractivity contribution in [3.63, 3.8) is 0 Å². The molecule has 31 heavy (non-hydrogen) atoms. The van der Waals surface area contributed by atoms with Gasteiger partial charge in [0.1, 0.15) is 11.6 Å². The van der Waals surface area contributed by atoms with Crippen molar-refractivity contribution < 1.29 is 9.18 Å². The maximum absolute atomic E-state index is 13.7. The molecule has 0 atom stereocenters. The number of carbonyl (C=O) groups is 1. The minimum atomic E-state index is -0.449. The molecule has 4 aromatic rings. The molecule has 7 heteroatoms. The van der Waals surface area contributed by atoms with Gasteiger partial charge in [-0.2, -0.15) is 0 Å². The van der Waals surface area contributed by atoms with E-state index in [0.29, 0.717) is 29.5 Å². The van der Waals surface area contributed by atoms with Crippen molar-refractivity contribution in [1.82, 2.24) is 19.4 Å². The zero-order chi connectivity index (χ0) is 21.6. The van der Waals surface area contributed by atoms with Crippen LogP contribution in [-0.4, -0.2) is 25.3 Å². The van der Waals surface area contributed by atoms with Crippen LogP contribution in [0.1, 0.15) is 27.3 Å². The summed E-state index contributed by atoms with van der Waals surface area (Å²) in [5.41, 5.74) is 2.17. The van der Waals surface area contributed by atoms with Crippen molar-refractivity contribution in [2.45, 2.75) is 19.6 Å². The zero-order valence-electron chi connectivity index (χ0n) is 16.7. The van der Waals surface area contributed by atoms with Crippen LogP contribution >= 0.6 is 11.6 Å². The number of benzene rings is 2. The third-order valence-corrected chi connectivity index (χ3v) is 5.28. The van der Waals surface area contributed by atoms with E-state index in [0.717, 1.165) is 11.1 Å². The largest absolute Gasteiger partial charge is 0.329 e. The van der Waals surface area contributed by atoms with Crippen LogP contribution in [0, 0.1) is 5.82 Å². The molecule has 5 nitrogen and oxygen atoms in total. The van der Waals surface area contributed by atoms with E-state index < -0.39 is 5.82 Å². The molecule has 2 aromatic heterocycles. The summed E-state index contributed by atoms with van der Waals surface area (Å²) in [5, 5.41) is 0.673. The van der Waals surface area contributed by atoms with Crippen LogP contribution in [0.4, 0.5) is 4.39 Å². The fraction of sp³-hybridized carbons (Fsp3) is 0.125. The van der Waals surface area contributed by atoms with Gasteiger partial charge in [0, 0.05) is 41.9 Å². The van der Waals surface area contributed by atoms with Gasteiger partial charge >= 0.3 is 0 Å². The van der Waals surface area contributed by atoms with Crippen molar-refractivity contribution in [3.8, 4) is 0 Å².